The SMILES string of the molecule is O=C1Cc2cnc(NCCc3cnc[nH]3)nc2-c2ccc(Cl)cc2N1. The third-order valence-electron chi connectivity index (χ3n) is 3.96. The Hall–Kier alpha value is -2.93. The summed E-state index contributed by atoms with van der Waals surface area (Å²) in [7, 11) is 0. The van der Waals surface area contributed by atoms with E-state index in [1.807, 2.05) is 6.07 Å². The lowest BCUT2D eigenvalue weighted by Gasteiger charge is -2.10. The summed E-state index contributed by atoms with van der Waals surface area (Å²) in [5, 5.41) is 6.64. The Bertz CT molecular complexity index is 925. The van der Waals surface area contributed by atoms with Gasteiger partial charge in [0.1, 0.15) is 0 Å². The van der Waals surface area contributed by atoms with Crippen LogP contribution in [0.1, 0.15) is 11.3 Å². The number of halogens is 1. The molecule has 2 aromatic heterocycles. The first-order valence-electron chi connectivity index (χ1n) is 7.86. The highest BCUT2D eigenvalue weighted by Crippen LogP contribution is 2.34. The number of hydrogen-bond acceptors (Lipinski definition) is 5. The van der Waals surface area contributed by atoms with Gasteiger partial charge in [-0.15, -0.1) is 0 Å². The lowest BCUT2D eigenvalue weighted by molar-refractivity contribution is -0.115. The average molecular weight is 355 g/mol. The van der Waals surface area contributed by atoms with Crippen LogP contribution in [0.25, 0.3) is 11.3 Å². The van der Waals surface area contributed by atoms with Crippen LogP contribution in [-0.4, -0.2) is 32.4 Å². The van der Waals surface area contributed by atoms with Crippen molar-refractivity contribution in [2.75, 3.05) is 17.2 Å². The molecular formula is C17H15ClN6O. The van der Waals surface area contributed by atoms with Crippen LogP contribution in [0.15, 0.2) is 36.9 Å². The number of benzene rings is 1. The molecule has 3 aromatic rings. The van der Waals surface area contributed by atoms with E-state index in [9.17, 15) is 4.79 Å². The lowest BCUT2D eigenvalue weighted by atomic mass is 10.1. The van der Waals surface area contributed by atoms with Gasteiger partial charge in [0.15, 0.2) is 0 Å². The van der Waals surface area contributed by atoms with E-state index in [1.54, 1.807) is 30.9 Å². The molecular weight excluding hydrogens is 340 g/mol. The van der Waals surface area contributed by atoms with Gasteiger partial charge < -0.3 is 15.6 Å². The van der Waals surface area contributed by atoms with Crippen LogP contribution in [0, 0.1) is 0 Å². The number of carbonyl (C=O) groups excluding carboxylic acids is 1. The summed E-state index contributed by atoms with van der Waals surface area (Å²) >= 11 is 6.05. The fourth-order valence-corrected chi connectivity index (χ4v) is 2.95. The third-order valence-corrected chi connectivity index (χ3v) is 4.19. The summed E-state index contributed by atoms with van der Waals surface area (Å²) in [6.45, 7) is 0.672. The summed E-state index contributed by atoms with van der Waals surface area (Å²) in [6, 6.07) is 5.38. The number of carbonyl (C=O) groups is 1. The second kappa shape index (κ2) is 6.52. The largest absolute Gasteiger partial charge is 0.354 e. The van der Waals surface area contributed by atoms with E-state index < -0.39 is 0 Å². The zero-order chi connectivity index (χ0) is 17.2. The van der Waals surface area contributed by atoms with Gasteiger partial charge in [-0.1, -0.05) is 11.6 Å². The predicted molar refractivity (Wildman–Crippen MR) is 95.6 cm³/mol. The number of fused-ring (bicyclic) bond motifs is 3. The first-order chi connectivity index (χ1) is 12.2. The maximum absolute atomic E-state index is 12.1. The number of imidazole rings is 1. The van der Waals surface area contributed by atoms with Gasteiger partial charge in [0.25, 0.3) is 0 Å². The van der Waals surface area contributed by atoms with Crippen molar-refractivity contribution in [2.45, 2.75) is 12.8 Å². The van der Waals surface area contributed by atoms with Crippen molar-refractivity contribution in [3.63, 3.8) is 0 Å². The molecule has 0 bridgehead atoms. The van der Waals surface area contributed by atoms with Crippen LogP contribution in [0.3, 0.4) is 0 Å². The Kier molecular flexibility index (Phi) is 4.07. The number of aromatic amines is 1. The molecule has 1 aromatic carbocycles. The normalized spacial score (nSPS) is 12.8. The van der Waals surface area contributed by atoms with Gasteiger partial charge in [-0.25, -0.2) is 15.0 Å². The molecule has 0 atom stereocenters. The van der Waals surface area contributed by atoms with Crippen molar-refractivity contribution in [3.05, 3.63) is 53.2 Å². The number of amides is 1. The highest BCUT2D eigenvalue weighted by Gasteiger charge is 2.21. The zero-order valence-electron chi connectivity index (χ0n) is 13.2. The molecule has 0 saturated heterocycles. The second-order valence-corrected chi connectivity index (χ2v) is 6.17. The molecule has 0 aliphatic carbocycles. The minimum absolute atomic E-state index is 0.106. The molecule has 1 aliphatic rings. The van der Waals surface area contributed by atoms with Crippen LogP contribution in [0.2, 0.25) is 5.02 Å². The van der Waals surface area contributed by atoms with Gasteiger partial charge in [-0.05, 0) is 18.2 Å². The fourth-order valence-electron chi connectivity index (χ4n) is 2.78. The molecule has 0 fully saturated rings. The Morgan fingerprint density at radius 1 is 1.28 bits per heavy atom. The van der Waals surface area contributed by atoms with E-state index in [2.05, 4.69) is 30.6 Å². The van der Waals surface area contributed by atoms with E-state index in [0.29, 0.717) is 23.2 Å². The topological polar surface area (TPSA) is 95.6 Å². The van der Waals surface area contributed by atoms with E-state index in [1.165, 1.54) is 0 Å². The molecule has 7 nitrogen and oxygen atoms in total. The molecule has 1 aliphatic heterocycles. The Labute approximate surface area is 148 Å². The standard InChI is InChI=1S/C17H15ClN6O/c18-11-1-2-13-14(6-11)23-15(25)5-10-7-21-17(24-16(10)13)20-4-3-12-8-19-9-22-12/h1-2,6-9H,3-5H2,(H,19,22)(H,23,25)(H,20,21,24). The molecule has 3 N–H and O–H groups in total. The predicted octanol–water partition coefficient (Wildman–Crippen LogP) is 2.67. The summed E-state index contributed by atoms with van der Waals surface area (Å²) < 4.78 is 0. The van der Waals surface area contributed by atoms with Crippen molar-refractivity contribution in [3.8, 4) is 11.3 Å². The van der Waals surface area contributed by atoms with Crippen LogP contribution < -0.4 is 10.6 Å². The van der Waals surface area contributed by atoms with Gasteiger partial charge >= 0.3 is 0 Å². The maximum Gasteiger partial charge on any atom is 0.228 e. The number of nitrogens with one attached hydrogen (secondary N) is 3. The van der Waals surface area contributed by atoms with E-state index in [0.717, 1.165) is 28.9 Å². The Morgan fingerprint density at radius 2 is 2.20 bits per heavy atom. The highest BCUT2D eigenvalue weighted by molar-refractivity contribution is 6.31. The minimum atomic E-state index is -0.106. The first kappa shape index (κ1) is 15.6. The first-order valence-corrected chi connectivity index (χ1v) is 8.23. The summed E-state index contributed by atoms with van der Waals surface area (Å²) in [5.41, 5.74) is 4.07. The number of anilines is 2. The van der Waals surface area contributed by atoms with E-state index in [4.69, 9.17) is 11.6 Å². The van der Waals surface area contributed by atoms with Crippen molar-refractivity contribution < 1.29 is 4.79 Å². The summed E-state index contributed by atoms with van der Waals surface area (Å²) in [4.78, 5) is 28.1. The molecule has 8 heteroatoms. The van der Waals surface area contributed by atoms with Gasteiger partial charge in [0, 0.05) is 47.2 Å². The Balaban J connectivity index is 1.62. The molecule has 126 valence electrons. The highest BCUT2D eigenvalue weighted by atomic mass is 35.5. The quantitative estimate of drug-likeness (QED) is 0.669. The maximum atomic E-state index is 12.1. The summed E-state index contributed by atoms with van der Waals surface area (Å²) in [6.07, 6.45) is 6.16. The van der Waals surface area contributed by atoms with Crippen LogP contribution in [-0.2, 0) is 17.6 Å². The Morgan fingerprint density at radius 3 is 3.04 bits per heavy atom. The average Bonchev–Trinajstić information content (AvgIpc) is 3.05. The van der Waals surface area contributed by atoms with Gasteiger partial charge in [0.05, 0.1) is 24.1 Å². The molecule has 3 heterocycles. The lowest BCUT2D eigenvalue weighted by Crippen LogP contribution is -2.13. The monoisotopic (exact) mass is 354 g/mol. The van der Waals surface area contributed by atoms with Gasteiger partial charge in [-0.3, -0.25) is 4.79 Å². The molecule has 25 heavy (non-hydrogen) atoms. The smallest absolute Gasteiger partial charge is 0.228 e. The summed E-state index contributed by atoms with van der Waals surface area (Å²) in [5.74, 6) is 0.416. The molecule has 0 unspecified atom stereocenters. The number of aromatic nitrogens is 4. The van der Waals surface area contributed by atoms with Crippen LogP contribution >= 0.6 is 11.6 Å². The fraction of sp³-hybridized carbons (Fsp3) is 0.176. The number of hydrogen-bond donors (Lipinski definition) is 3. The number of H-pyrrole nitrogens is 1. The van der Waals surface area contributed by atoms with Crippen LogP contribution in [0.5, 0.6) is 0 Å². The van der Waals surface area contributed by atoms with Crippen molar-refractivity contribution in [1.82, 2.24) is 19.9 Å². The molecule has 1 amide bonds. The van der Waals surface area contributed by atoms with Gasteiger partial charge in [0.2, 0.25) is 11.9 Å². The van der Waals surface area contributed by atoms with E-state index in [-0.39, 0.29) is 12.3 Å². The third kappa shape index (κ3) is 3.32. The minimum Gasteiger partial charge on any atom is -0.354 e. The molecule has 0 saturated carbocycles. The zero-order valence-corrected chi connectivity index (χ0v) is 14.0. The van der Waals surface area contributed by atoms with Crippen molar-refractivity contribution in [2.24, 2.45) is 0 Å². The second-order valence-electron chi connectivity index (χ2n) is 5.74. The van der Waals surface area contributed by atoms with Crippen LogP contribution in [0.4, 0.5) is 11.6 Å². The number of nitrogens with zero attached hydrogens (tertiary/aromatic N) is 3. The van der Waals surface area contributed by atoms with Crippen molar-refractivity contribution in [1.29, 1.82) is 0 Å². The molecule has 4 rings (SSSR count). The van der Waals surface area contributed by atoms with E-state index >= 15 is 0 Å². The molecule has 0 spiro atoms. The molecule has 0 radical (unpaired) electrons. The number of rotatable bonds is 4. The van der Waals surface area contributed by atoms with Crippen molar-refractivity contribution >= 4 is 29.1 Å². The van der Waals surface area contributed by atoms with Gasteiger partial charge in [-0.2, -0.15) is 0 Å².